The quantitative estimate of drug-likeness (QED) is 0.838. The molecule has 2 N–H and O–H groups in total. The molecule has 3 heteroatoms. The second-order valence-electron chi connectivity index (χ2n) is 3.98. The lowest BCUT2D eigenvalue weighted by Crippen LogP contribution is -1.99. The van der Waals surface area contributed by atoms with Gasteiger partial charge in [-0.05, 0) is 31.0 Å². The number of hydrogen-bond donors (Lipinski definition) is 1. The van der Waals surface area contributed by atoms with Crippen molar-refractivity contribution in [1.82, 2.24) is 4.98 Å². The lowest BCUT2D eigenvalue weighted by Gasteiger charge is -2.10. The summed E-state index contributed by atoms with van der Waals surface area (Å²) < 4.78 is 5.38. The molecule has 0 unspecified atom stereocenters. The van der Waals surface area contributed by atoms with Crippen LogP contribution in [0.25, 0.3) is 10.9 Å². The molecular weight excluding hydrogens is 200 g/mol. The average Bonchev–Trinajstić information content (AvgIpc) is 2.28. The number of rotatable bonds is 2. The van der Waals surface area contributed by atoms with E-state index < -0.39 is 0 Å². The molecule has 0 aliphatic rings. The normalized spacial score (nSPS) is 10.8. The highest BCUT2D eigenvalue weighted by Gasteiger charge is 2.07. The topological polar surface area (TPSA) is 48.1 Å². The summed E-state index contributed by atoms with van der Waals surface area (Å²) in [5, 5.41) is 1.04. The van der Waals surface area contributed by atoms with Gasteiger partial charge in [0, 0.05) is 23.7 Å². The minimum absolute atomic E-state index is 0.536. The first-order valence-corrected chi connectivity index (χ1v) is 5.30. The first-order valence-electron chi connectivity index (χ1n) is 5.30. The maximum Gasteiger partial charge on any atom is 0.130 e. The SMILES string of the molecule is COc1cc(C)nc2c(C)cc(CN)cc12. The summed E-state index contributed by atoms with van der Waals surface area (Å²) in [6.07, 6.45) is 0. The molecule has 0 saturated heterocycles. The Bertz CT molecular complexity index is 535. The first kappa shape index (κ1) is 10.9. The van der Waals surface area contributed by atoms with Crippen LogP contribution in [0, 0.1) is 13.8 Å². The number of ether oxygens (including phenoxy) is 1. The van der Waals surface area contributed by atoms with Gasteiger partial charge in [0.05, 0.1) is 12.6 Å². The number of pyridine rings is 1. The Kier molecular flexibility index (Phi) is 2.79. The molecular formula is C13H16N2O. The second-order valence-corrected chi connectivity index (χ2v) is 3.98. The van der Waals surface area contributed by atoms with Crippen molar-refractivity contribution in [3.63, 3.8) is 0 Å². The van der Waals surface area contributed by atoms with E-state index in [9.17, 15) is 0 Å². The number of fused-ring (bicyclic) bond motifs is 1. The lowest BCUT2D eigenvalue weighted by molar-refractivity contribution is 0.419. The lowest BCUT2D eigenvalue weighted by atomic mass is 10.0. The number of nitrogens with two attached hydrogens (primary N) is 1. The zero-order valence-electron chi connectivity index (χ0n) is 9.87. The van der Waals surface area contributed by atoms with E-state index in [0.29, 0.717) is 6.54 Å². The predicted octanol–water partition coefficient (Wildman–Crippen LogP) is 2.32. The van der Waals surface area contributed by atoms with Crippen LogP contribution in [0.2, 0.25) is 0 Å². The van der Waals surface area contributed by atoms with Crippen LogP contribution in [-0.4, -0.2) is 12.1 Å². The standard InChI is InChI=1S/C13H16N2O/c1-8-4-10(7-14)6-11-12(16-3)5-9(2)15-13(8)11/h4-6H,7,14H2,1-3H3. The summed E-state index contributed by atoms with van der Waals surface area (Å²) in [4.78, 5) is 4.54. The molecule has 0 radical (unpaired) electrons. The molecule has 1 aromatic carbocycles. The predicted molar refractivity (Wildman–Crippen MR) is 65.7 cm³/mol. The second kappa shape index (κ2) is 4.10. The number of methoxy groups -OCH3 is 1. The molecule has 84 valence electrons. The van der Waals surface area contributed by atoms with E-state index >= 15 is 0 Å². The van der Waals surface area contributed by atoms with Gasteiger partial charge in [0.1, 0.15) is 5.75 Å². The van der Waals surface area contributed by atoms with Crippen molar-refractivity contribution in [2.45, 2.75) is 20.4 Å². The van der Waals surface area contributed by atoms with Crippen molar-refractivity contribution >= 4 is 10.9 Å². The van der Waals surface area contributed by atoms with Crippen LogP contribution >= 0.6 is 0 Å². The molecule has 2 rings (SSSR count). The molecule has 0 aliphatic heterocycles. The molecule has 0 bridgehead atoms. The molecule has 16 heavy (non-hydrogen) atoms. The van der Waals surface area contributed by atoms with E-state index in [0.717, 1.165) is 33.5 Å². The van der Waals surface area contributed by atoms with E-state index in [1.165, 1.54) is 0 Å². The van der Waals surface area contributed by atoms with Crippen molar-refractivity contribution in [3.05, 3.63) is 35.0 Å². The van der Waals surface area contributed by atoms with Crippen molar-refractivity contribution in [2.75, 3.05) is 7.11 Å². The van der Waals surface area contributed by atoms with Crippen LogP contribution in [-0.2, 0) is 6.54 Å². The fourth-order valence-electron chi connectivity index (χ4n) is 1.95. The summed E-state index contributed by atoms with van der Waals surface area (Å²) in [6, 6.07) is 6.07. The molecule has 1 aromatic heterocycles. The van der Waals surface area contributed by atoms with E-state index in [-0.39, 0.29) is 0 Å². The van der Waals surface area contributed by atoms with E-state index in [2.05, 4.69) is 11.1 Å². The summed E-state index contributed by atoms with van der Waals surface area (Å²) in [6.45, 7) is 4.55. The van der Waals surface area contributed by atoms with Gasteiger partial charge in [-0.2, -0.15) is 0 Å². The third kappa shape index (κ3) is 1.74. The number of aryl methyl sites for hydroxylation is 2. The van der Waals surface area contributed by atoms with Gasteiger partial charge in [-0.3, -0.25) is 4.98 Å². The highest BCUT2D eigenvalue weighted by Crippen LogP contribution is 2.28. The Balaban J connectivity index is 2.83. The number of benzene rings is 1. The third-order valence-electron chi connectivity index (χ3n) is 2.71. The van der Waals surface area contributed by atoms with Gasteiger partial charge in [0.15, 0.2) is 0 Å². The van der Waals surface area contributed by atoms with E-state index in [4.69, 9.17) is 10.5 Å². The Morgan fingerprint density at radius 1 is 1.25 bits per heavy atom. The Morgan fingerprint density at radius 2 is 2.00 bits per heavy atom. The van der Waals surface area contributed by atoms with Gasteiger partial charge < -0.3 is 10.5 Å². The number of aromatic nitrogens is 1. The fraction of sp³-hybridized carbons (Fsp3) is 0.308. The van der Waals surface area contributed by atoms with Crippen LogP contribution in [0.5, 0.6) is 5.75 Å². The van der Waals surface area contributed by atoms with Crippen LogP contribution < -0.4 is 10.5 Å². The zero-order valence-corrected chi connectivity index (χ0v) is 9.87. The summed E-state index contributed by atoms with van der Waals surface area (Å²) in [7, 11) is 1.68. The Morgan fingerprint density at radius 3 is 2.62 bits per heavy atom. The Hall–Kier alpha value is -1.61. The van der Waals surface area contributed by atoms with Gasteiger partial charge in [-0.25, -0.2) is 0 Å². The van der Waals surface area contributed by atoms with E-state index in [1.54, 1.807) is 7.11 Å². The largest absolute Gasteiger partial charge is 0.496 e. The van der Waals surface area contributed by atoms with Crippen LogP contribution in [0.15, 0.2) is 18.2 Å². The molecule has 0 spiro atoms. The summed E-state index contributed by atoms with van der Waals surface area (Å²) >= 11 is 0. The Labute approximate surface area is 95.2 Å². The molecule has 2 aromatic rings. The highest BCUT2D eigenvalue weighted by atomic mass is 16.5. The third-order valence-corrected chi connectivity index (χ3v) is 2.71. The van der Waals surface area contributed by atoms with Gasteiger partial charge in [-0.1, -0.05) is 6.07 Å². The first-order chi connectivity index (χ1) is 7.65. The number of nitrogens with zero attached hydrogens (tertiary/aromatic N) is 1. The van der Waals surface area contributed by atoms with Crippen LogP contribution in [0.4, 0.5) is 0 Å². The summed E-state index contributed by atoms with van der Waals surface area (Å²) in [5.74, 6) is 0.862. The monoisotopic (exact) mass is 216 g/mol. The molecule has 0 fully saturated rings. The molecule has 0 saturated carbocycles. The minimum Gasteiger partial charge on any atom is -0.496 e. The van der Waals surface area contributed by atoms with Gasteiger partial charge in [-0.15, -0.1) is 0 Å². The molecule has 3 nitrogen and oxygen atoms in total. The van der Waals surface area contributed by atoms with E-state index in [1.807, 2.05) is 26.0 Å². The summed E-state index contributed by atoms with van der Waals surface area (Å²) in [5.41, 5.74) is 9.87. The molecule has 0 atom stereocenters. The maximum atomic E-state index is 5.67. The van der Waals surface area contributed by atoms with Crippen molar-refractivity contribution in [2.24, 2.45) is 5.73 Å². The van der Waals surface area contributed by atoms with Crippen molar-refractivity contribution < 1.29 is 4.74 Å². The van der Waals surface area contributed by atoms with Crippen molar-refractivity contribution in [3.8, 4) is 5.75 Å². The molecule has 0 amide bonds. The minimum atomic E-state index is 0.536. The highest BCUT2D eigenvalue weighted by molar-refractivity contribution is 5.88. The van der Waals surface area contributed by atoms with Gasteiger partial charge in [0.2, 0.25) is 0 Å². The number of hydrogen-bond acceptors (Lipinski definition) is 3. The maximum absolute atomic E-state index is 5.67. The fourth-order valence-corrected chi connectivity index (χ4v) is 1.95. The van der Waals surface area contributed by atoms with Crippen molar-refractivity contribution in [1.29, 1.82) is 0 Å². The smallest absolute Gasteiger partial charge is 0.130 e. The zero-order chi connectivity index (χ0) is 11.7. The van der Waals surface area contributed by atoms with Gasteiger partial charge >= 0.3 is 0 Å². The molecule has 1 heterocycles. The van der Waals surface area contributed by atoms with Gasteiger partial charge in [0.25, 0.3) is 0 Å². The average molecular weight is 216 g/mol. The molecule has 0 aliphatic carbocycles. The van der Waals surface area contributed by atoms with Crippen LogP contribution in [0.1, 0.15) is 16.8 Å². The van der Waals surface area contributed by atoms with Crippen LogP contribution in [0.3, 0.4) is 0 Å².